The summed E-state index contributed by atoms with van der Waals surface area (Å²) >= 11 is 0. The number of hydrogen-bond donors (Lipinski definition) is 4. The van der Waals surface area contributed by atoms with Gasteiger partial charge in [-0.3, -0.25) is 0 Å². The summed E-state index contributed by atoms with van der Waals surface area (Å²) in [5, 5.41) is 10.8. The van der Waals surface area contributed by atoms with E-state index in [1.807, 2.05) is 0 Å². The maximum Gasteiger partial charge on any atom is 0.315 e. The van der Waals surface area contributed by atoms with Gasteiger partial charge in [-0.2, -0.15) is 0 Å². The van der Waals surface area contributed by atoms with Crippen LogP contribution >= 0.6 is 0 Å². The van der Waals surface area contributed by atoms with Crippen molar-refractivity contribution in [1.29, 1.82) is 0 Å². The van der Waals surface area contributed by atoms with Crippen molar-refractivity contribution in [2.75, 3.05) is 26.2 Å². The number of carbonyl (C=O) groups is 2. The molecule has 6 nitrogen and oxygen atoms in total. The third-order valence-corrected chi connectivity index (χ3v) is 2.93. The van der Waals surface area contributed by atoms with E-state index in [4.69, 9.17) is 0 Å². The number of nitrogens with one attached hydrogen (secondary N) is 4. The highest BCUT2D eigenvalue weighted by Gasteiger charge is 1.99. The molecule has 24 heavy (non-hydrogen) atoms. The molecule has 0 atom stereocenters. The lowest BCUT2D eigenvalue weighted by atomic mass is 10.1. The molecule has 0 saturated carbocycles. The van der Waals surface area contributed by atoms with Gasteiger partial charge in [-0.25, -0.2) is 9.59 Å². The summed E-state index contributed by atoms with van der Waals surface area (Å²) in [5.74, 6) is 11.8. The SMILES string of the molecule is CC(C)CCNC(=O)NCC#CC#CCNC(=O)NCCC(C)C. The van der Waals surface area contributed by atoms with E-state index in [-0.39, 0.29) is 25.2 Å². The molecule has 0 spiro atoms. The lowest BCUT2D eigenvalue weighted by molar-refractivity contribution is 0.240. The van der Waals surface area contributed by atoms with E-state index in [1.165, 1.54) is 0 Å². The van der Waals surface area contributed by atoms with Crippen LogP contribution in [0.25, 0.3) is 0 Å². The monoisotopic (exact) mass is 334 g/mol. The topological polar surface area (TPSA) is 82.3 Å². The highest BCUT2D eigenvalue weighted by Crippen LogP contribution is 1.96. The maximum absolute atomic E-state index is 11.4. The Bertz CT molecular complexity index is 447. The van der Waals surface area contributed by atoms with E-state index in [2.05, 4.69) is 72.6 Å². The first kappa shape index (κ1) is 21.7. The van der Waals surface area contributed by atoms with Crippen molar-refractivity contribution in [2.24, 2.45) is 11.8 Å². The summed E-state index contributed by atoms with van der Waals surface area (Å²) in [6.45, 7) is 10.2. The van der Waals surface area contributed by atoms with Crippen LogP contribution in [0.5, 0.6) is 0 Å². The van der Waals surface area contributed by atoms with Crippen LogP contribution in [0.4, 0.5) is 9.59 Å². The van der Waals surface area contributed by atoms with Crippen LogP contribution in [0.2, 0.25) is 0 Å². The Kier molecular flexibility index (Phi) is 12.9. The fraction of sp³-hybridized carbons (Fsp3) is 0.667. The average molecular weight is 334 g/mol. The van der Waals surface area contributed by atoms with Gasteiger partial charge in [-0.1, -0.05) is 39.5 Å². The summed E-state index contributed by atoms with van der Waals surface area (Å²) in [6, 6.07) is -0.449. The van der Waals surface area contributed by atoms with Crippen LogP contribution in [0.1, 0.15) is 40.5 Å². The average Bonchev–Trinajstić information content (AvgIpc) is 2.49. The predicted octanol–water partition coefficient (Wildman–Crippen LogP) is 1.68. The molecule has 0 aliphatic heterocycles. The Hall–Kier alpha value is -2.34. The molecule has 0 radical (unpaired) electrons. The van der Waals surface area contributed by atoms with Crippen LogP contribution in [-0.4, -0.2) is 38.2 Å². The third kappa shape index (κ3) is 16.0. The zero-order valence-electron chi connectivity index (χ0n) is 15.2. The van der Waals surface area contributed by atoms with Gasteiger partial charge in [-0.15, -0.1) is 0 Å². The van der Waals surface area contributed by atoms with E-state index in [0.29, 0.717) is 24.9 Å². The summed E-state index contributed by atoms with van der Waals surface area (Å²) in [7, 11) is 0. The predicted molar refractivity (Wildman–Crippen MR) is 97.3 cm³/mol. The van der Waals surface area contributed by atoms with Gasteiger partial charge in [0.2, 0.25) is 0 Å². The minimum absolute atomic E-state index is 0.224. The quantitative estimate of drug-likeness (QED) is 0.509. The largest absolute Gasteiger partial charge is 0.338 e. The van der Waals surface area contributed by atoms with Crippen molar-refractivity contribution in [3.05, 3.63) is 0 Å². The summed E-state index contributed by atoms with van der Waals surface area (Å²) in [6.07, 6.45) is 1.89. The van der Waals surface area contributed by atoms with Crippen LogP contribution < -0.4 is 21.3 Å². The Morgan fingerprint density at radius 1 is 0.708 bits per heavy atom. The first-order valence-electron chi connectivity index (χ1n) is 8.41. The fourth-order valence-electron chi connectivity index (χ4n) is 1.50. The van der Waals surface area contributed by atoms with Crippen molar-refractivity contribution in [2.45, 2.75) is 40.5 Å². The molecule has 0 aromatic heterocycles. The first-order valence-corrected chi connectivity index (χ1v) is 8.41. The standard InChI is InChI=1S/C18H30N4O2/c1-15(2)9-13-21-17(23)19-11-7-5-6-8-12-20-18(24)22-14-10-16(3)4/h15-16H,9-14H2,1-4H3,(H2,19,21,23)(H2,20,22,24). The fourth-order valence-corrected chi connectivity index (χ4v) is 1.50. The van der Waals surface area contributed by atoms with E-state index >= 15 is 0 Å². The van der Waals surface area contributed by atoms with Crippen molar-refractivity contribution in [3.63, 3.8) is 0 Å². The second-order valence-corrected chi connectivity index (χ2v) is 6.19. The molecule has 0 aromatic carbocycles. The van der Waals surface area contributed by atoms with Gasteiger partial charge in [-0.05, 0) is 36.5 Å². The molecule has 0 heterocycles. The van der Waals surface area contributed by atoms with Gasteiger partial charge >= 0.3 is 12.1 Å². The molecule has 0 saturated heterocycles. The van der Waals surface area contributed by atoms with Gasteiger partial charge in [0.05, 0.1) is 13.1 Å². The molecule has 0 unspecified atom stereocenters. The second kappa shape index (κ2) is 14.3. The molecule has 0 bridgehead atoms. The van der Waals surface area contributed by atoms with Gasteiger partial charge in [0.1, 0.15) is 0 Å². The lowest BCUT2D eigenvalue weighted by Crippen LogP contribution is -2.36. The smallest absolute Gasteiger partial charge is 0.315 e. The van der Waals surface area contributed by atoms with Gasteiger partial charge in [0, 0.05) is 13.1 Å². The van der Waals surface area contributed by atoms with Crippen molar-refractivity contribution < 1.29 is 9.59 Å². The lowest BCUT2D eigenvalue weighted by Gasteiger charge is -2.06. The molecule has 134 valence electrons. The van der Waals surface area contributed by atoms with Crippen LogP contribution in [0, 0.1) is 35.5 Å². The number of urea groups is 2. The molecule has 0 aliphatic rings. The van der Waals surface area contributed by atoms with E-state index in [1.54, 1.807) is 0 Å². The minimum Gasteiger partial charge on any atom is -0.338 e. The first-order chi connectivity index (χ1) is 11.4. The summed E-state index contributed by atoms with van der Waals surface area (Å²) in [5.41, 5.74) is 0. The summed E-state index contributed by atoms with van der Waals surface area (Å²) < 4.78 is 0. The molecule has 4 amide bonds. The van der Waals surface area contributed by atoms with E-state index < -0.39 is 0 Å². The van der Waals surface area contributed by atoms with E-state index in [9.17, 15) is 9.59 Å². The Labute approximate surface area is 145 Å². The third-order valence-electron chi connectivity index (χ3n) is 2.93. The molecule has 0 aromatic rings. The number of hydrogen-bond acceptors (Lipinski definition) is 2. The van der Waals surface area contributed by atoms with Crippen LogP contribution in [0.3, 0.4) is 0 Å². The molecule has 6 heteroatoms. The van der Waals surface area contributed by atoms with Crippen LogP contribution in [-0.2, 0) is 0 Å². The number of carbonyl (C=O) groups excluding carboxylic acids is 2. The molecule has 0 rings (SSSR count). The van der Waals surface area contributed by atoms with Crippen molar-refractivity contribution in [3.8, 4) is 23.7 Å². The summed E-state index contributed by atoms with van der Waals surface area (Å²) in [4.78, 5) is 22.8. The zero-order valence-corrected chi connectivity index (χ0v) is 15.2. The maximum atomic E-state index is 11.4. The Morgan fingerprint density at radius 3 is 1.42 bits per heavy atom. The molecule has 0 fully saturated rings. The number of amides is 4. The highest BCUT2D eigenvalue weighted by molar-refractivity contribution is 5.74. The second-order valence-electron chi connectivity index (χ2n) is 6.19. The van der Waals surface area contributed by atoms with Crippen molar-refractivity contribution in [1.82, 2.24) is 21.3 Å². The zero-order chi connectivity index (χ0) is 18.2. The van der Waals surface area contributed by atoms with Gasteiger partial charge < -0.3 is 21.3 Å². The van der Waals surface area contributed by atoms with Gasteiger partial charge in [0.25, 0.3) is 0 Å². The van der Waals surface area contributed by atoms with Gasteiger partial charge in [0.15, 0.2) is 0 Å². The minimum atomic E-state index is -0.224. The molecule has 4 N–H and O–H groups in total. The highest BCUT2D eigenvalue weighted by atomic mass is 16.2. The molecular formula is C18H30N4O2. The Morgan fingerprint density at radius 2 is 1.08 bits per heavy atom. The number of rotatable bonds is 8. The van der Waals surface area contributed by atoms with E-state index in [0.717, 1.165) is 12.8 Å². The molecule has 0 aliphatic carbocycles. The molecular weight excluding hydrogens is 304 g/mol. The Balaban J connectivity index is 3.67. The van der Waals surface area contributed by atoms with Crippen LogP contribution in [0.15, 0.2) is 0 Å². The van der Waals surface area contributed by atoms with Crippen molar-refractivity contribution >= 4 is 12.1 Å². The normalized spacial score (nSPS) is 9.42.